The van der Waals surface area contributed by atoms with Crippen molar-refractivity contribution in [3.05, 3.63) is 65.9 Å². The van der Waals surface area contributed by atoms with Crippen LogP contribution in [0.3, 0.4) is 0 Å². The number of nitrogens with zero attached hydrogens (tertiary/aromatic N) is 2. The van der Waals surface area contributed by atoms with Gasteiger partial charge in [0, 0.05) is 36.9 Å². The summed E-state index contributed by atoms with van der Waals surface area (Å²) in [5.74, 6) is 2.34. The number of anilines is 1. The van der Waals surface area contributed by atoms with Gasteiger partial charge in [0.25, 0.3) is 5.91 Å². The van der Waals surface area contributed by atoms with Gasteiger partial charge in [-0.2, -0.15) is 5.10 Å². The first-order valence-corrected chi connectivity index (χ1v) is 9.97. The Kier molecular flexibility index (Phi) is 5.61. The van der Waals surface area contributed by atoms with Crippen LogP contribution in [0.5, 0.6) is 17.2 Å². The van der Waals surface area contributed by atoms with Crippen LogP contribution >= 0.6 is 0 Å². The minimum absolute atomic E-state index is 0.0252. The summed E-state index contributed by atoms with van der Waals surface area (Å²) in [5, 5.41) is 6.99. The molecular formula is C23H25N3O4. The Labute approximate surface area is 175 Å². The zero-order valence-electron chi connectivity index (χ0n) is 17.3. The lowest BCUT2D eigenvalue weighted by molar-refractivity contribution is 0.102. The monoisotopic (exact) mass is 407 g/mol. The maximum absolute atomic E-state index is 12.8. The number of rotatable bonds is 7. The van der Waals surface area contributed by atoms with Crippen LogP contribution in [0.4, 0.5) is 5.82 Å². The summed E-state index contributed by atoms with van der Waals surface area (Å²) in [5.41, 5.74) is 1.42. The fraction of sp³-hybridized carbons (Fsp3) is 0.304. The summed E-state index contributed by atoms with van der Waals surface area (Å²) < 4.78 is 19.6. The number of para-hydroxylation sites is 1. The van der Waals surface area contributed by atoms with Gasteiger partial charge < -0.3 is 19.5 Å². The van der Waals surface area contributed by atoms with Gasteiger partial charge in [-0.1, -0.05) is 18.2 Å². The Bertz CT molecular complexity index is 1030. The number of carbonyl (C=O) groups excluding carboxylic acids is 1. The van der Waals surface area contributed by atoms with Crippen LogP contribution in [-0.2, 0) is 13.5 Å². The first-order valence-electron chi connectivity index (χ1n) is 9.97. The molecule has 7 heteroatoms. The molecule has 156 valence electrons. The fourth-order valence-electron chi connectivity index (χ4n) is 3.33. The van der Waals surface area contributed by atoms with Gasteiger partial charge >= 0.3 is 0 Å². The highest BCUT2D eigenvalue weighted by Gasteiger charge is 2.29. The van der Waals surface area contributed by atoms with Crippen LogP contribution in [0.1, 0.15) is 29.8 Å². The lowest BCUT2D eigenvalue weighted by atomic mass is 10.1. The Balaban J connectivity index is 1.52. The predicted molar refractivity (Wildman–Crippen MR) is 113 cm³/mol. The first kappa shape index (κ1) is 19.8. The van der Waals surface area contributed by atoms with Crippen LogP contribution in [0, 0.1) is 0 Å². The number of hydrogen-bond donors (Lipinski definition) is 1. The first-order chi connectivity index (χ1) is 14.5. The summed E-state index contributed by atoms with van der Waals surface area (Å²) in [6.07, 6.45) is 2.25. The van der Waals surface area contributed by atoms with Gasteiger partial charge in [-0.25, -0.2) is 0 Å². The topological polar surface area (TPSA) is 74.6 Å². The number of aryl methyl sites for hydroxylation is 1. The van der Waals surface area contributed by atoms with Crippen molar-refractivity contribution in [3.8, 4) is 17.2 Å². The zero-order valence-corrected chi connectivity index (χ0v) is 17.3. The standard InChI is InChI=1S/C23H25N3O4/c1-15(2)29-20-11-16(23(27)24-22-9-10-26(3)25-22)12-21-19(20)13-18(30-21)14-28-17-7-5-4-6-8-17/h4-12,15,18H,13-14H2,1-3H3,(H,24,25,27). The van der Waals surface area contributed by atoms with Crippen molar-refractivity contribution in [1.82, 2.24) is 9.78 Å². The number of carbonyl (C=O) groups is 1. The second-order valence-corrected chi connectivity index (χ2v) is 7.51. The molecule has 2 heterocycles. The largest absolute Gasteiger partial charge is 0.491 e. The van der Waals surface area contributed by atoms with Crippen LogP contribution in [0.2, 0.25) is 0 Å². The van der Waals surface area contributed by atoms with E-state index >= 15 is 0 Å². The Morgan fingerprint density at radius 3 is 2.77 bits per heavy atom. The van der Waals surface area contributed by atoms with Gasteiger partial charge in [-0.05, 0) is 38.1 Å². The molecule has 4 rings (SSSR count). The quantitative estimate of drug-likeness (QED) is 0.644. The van der Waals surface area contributed by atoms with E-state index in [1.54, 1.807) is 36.1 Å². The number of ether oxygens (including phenoxy) is 3. The number of nitrogens with one attached hydrogen (secondary N) is 1. The molecule has 0 radical (unpaired) electrons. The second-order valence-electron chi connectivity index (χ2n) is 7.51. The van der Waals surface area contributed by atoms with Crippen molar-refractivity contribution < 1.29 is 19.0 Å². The van der Waals surface area contributed by atoms with E-state index in [0.717, 1.165) is 11.3 Å². The highest BCUT2D eigenvalue weighted by molar-refractivity contribution is 6.04. The molecule has 3 aromatic rings. The SMILES string of the molecule is CC(C)Oc1cc(C(=O)Nc2ccn(C)n2)cc2c1CC(COc1ccccc1)O2. The van der Waals surface area contributed by atoms with E-state index in [9.17, 15) is 4.79 Å². The average Bonchev–Trinajstić information content (AvgIpc) is 3.32. The minimum Gasteiger partial charge on any atom is -0.491 e. The molecule has 0 saturated carbocycles. The van der Waals surface area contributed by atoms with Crippen molar-refractivity contribution in [3.63, 3.8) is 0 Å². The lowest BCUT2D eigenvalue weighted by Gasteiger charge is -2.14. The van der Waals surface area contributed by atoms with Crippen molar-refractivity contribution >= 4 is 11.7 Å². The molecule has 1 N–H and O–H groups in total. The van der Waals surface area contributed by atoms with Crippen LogP contribution in [0.25, 0.3) is 0 Å². The molecule has 0 aliphatic carbocycles. The molecule has 30 heavy (non-hydrogen) atoms. The van der Waals surface area contributed by atoms with Crippen LogP contribution in [-0.4, -0.2) is 34.5 Å². The second kappa shape index (κ2) is 8.49. The van der Waals surface area contributed by atoms with Crippen molar-refractivity contribution in [2.75, 3.05) is 11.9 Å². The fourth-order valence-corrected chi connectivity index (χ4v) is 3.33. The summed E-state index contributed by atoms with van der Waals surface area (Å²) in [4.78, 5) is 12.8. The lowest BCUT2D eigenvalue weighted by Crippen LogP contribution is -2.22. The maximum Gasteiger partial charge on any atom is 0.257 e. The number of fused-ring (bicyclic) bond motifs is 1. The summed E-state index contributed by atoms with van der Waals surface area (Å²) in [7, 11) is 1.80. The number of benzene rings is 2. The van der Waals surface area contributed by atoms with E-state index in [4.69, 9.17) is 14.2 Å². The molecule has 7 nitrogen and oxygen atoms in total. The van der Waals surface area contributed by atoms with Crippen LogP contribution in [0.15, 0.2) is 54.7 Å². The van der Waals surface area contributed by atoms with E-state index in [1.807, 2.05) is 44.2 Å². The smallest absolute Gasteiger partial charge is 0.257 e. The molecule has 1 unspecified atom stereocenters. The van der Waals surface area contributed by atoms with Gasteiger partial charge in [0.1, 0.15) is 30.0 Å². The van der Waals surface area contributed by atoms with E-state index in [1.165, 1.54) is 0 Å². The van der Waals surface area contributed by atoms with Gasteiger partial charge in [0.05, 0.1) is 6.10 Å². The molecule has 1 aromatic heterocycles. The summed E-state index contributed by atoms with van der Waals surface area (Å²) >= 11 is 0. The van der Waals surface area contributed by atoms with E-state index in [-0.39, 0.29) is 18.1 Å². The third kappa shape index (κ3) is 4.56. The van der Waals surface area contributed by atoms with E-state index in [2.05, 4.69) is 10.4 Å². The van der Waals surface area contributed by atoms with Crippen LogP contribution < -0.4 is 19.5 Å². The van der Waals surface area contributed by atoms with E-state index in [0.29, 0.717) is 35.9 Å². The Morgan fingerprint density at radius 1 is 1.27 bits per heavy atom. The molecule has 0 fully saturated rings. The van der Waals surface area contributed by atoms with Gasteiger partial charge in [-0.15, -0.1) is 0 Å². The molecule has 2 aromatic carbocycles. The summed E-state index contributed by atoms with van der Waals surface area (Å²) in [6.45, 7) is 4.33. The van der Waals surface area contributed by atoms with Gasteiger partial charge in [0.2, 0.25) is 0 Å². The average molecular weight is 407 g/mol. The maximum atomic E-state index is 12.8. The van der Waals surface area contributed by atoms with Gasteiger partial charge in [-0.3, -0.25) is 9.48 Å². The highest BCUT2D eigenvalue weighted by atomic mass is 16.5. The molecular weight excluding hydrogens is 382 g/mol. The van der Waals surface area contributed by atoms with E-state index < -0.39 is 0 Å². The number of aromatic nitrogens is 2. The molecule has 1 aliphatic heterocycles. The number of amides is 1. The van der Waals surface area contributed by atoms with Crippen molar-refractivity contribution in [1.29, 1.82) is 0 Å². The highest BCUT2D eigenvalue weighted by Crippen LogP contribution is 2.38. The number of hydrogen-bond acceptors (Lipinski definition) is 5. The Morgan fingerprint density at radius 2 is 2.07 bits per heavy atom. The summed E-state index contributed by atoms with van der Waals surface area (Å²) in [6, 6.07) is 14.9. The Hall–Kier alpha value is -3.48. The minimum atomic E-state index is -0.266. The van der Waals surface area contributed by atoms with Gasteiger partial charge in [0.15, 0.2) is 5.82 Å². The molecule has 0 saturated heterocycles. The molecule has 1 aliphatic rings. The normalized spacial score (nSPS) is 14.9. The third-order valence-electron chi connectivity index (χ3n) is 4.65. The zero-order chi connectivity index (χ0) is 21.1. The van der Waals surface area contributed by atoms with Crippen molar-refractivity contribution in [2.24, 2.45) is 7.05 Å². The third-order valence-corrected chi connectivity index (χ3v) is 4.65. The molecule has 1 atom stereocenters. The molecule has 1 amide bonds. The van der Waals surface area contributed by atoms with Crippen molar-refractivity contribution in [2.45, 2.75) is 32.5 Å². The molecule has 0 bridgehead atoms. The predicted octanol–water partition coefficient (Wildman–Crippen LogP) is 3.84. The molecule has 0 spiro atoms.